The van der Waals surface area contributed by atoms with Crippen LogP contribution < -0.4 is 5.32 Å². The molecule has 146 valence electrons. The minimum Gasteiger partial charge on any atom is -0.307 e. The average Bonchev–Trinajstić information content (AvgIpc) is 3.32. The Morgan fingerprint density at radius 1 is 1.07 bits per heavy atom. The van der Waals surface area contributed by atoms with Gasteiger partial charge >= 0.3 is 0 Å². The summed E-state index contributed by atoms with van der Waals surface area (Å²) in [6.45, 7) is 3.30. The second kappa shape index (κ2) is 7.85. The summed E-state index contributed by atoms with van der Waals surface area (Å²) in [6.07, 6.45) is 1.99. The zero-order chi connectivity index (χ0) is 19.6. The lowest BCUT2D eigenvalue weighted by Crippen LogP contribution is -2.21. The number of nitrogens with one attached hydrogen (secondary N) is 1. The molecule has 1 aliphatic rings. The van der Waals surface area contributed by atoms with E-state index in [4.69, 9.17) is 0 Å². The molecule has 2 heterocycles. The maximum Gasteiger partial charge on any atom is 0.250 e. The van der Waals surface area contributed by atoms with E-state index < -0.39 is 9.84 Å². The van der Waals surface area contributed by atoms with Crippen LogP contribution in [0, 0.1) is 6.92 Å². The van der Waals surface area contributed by atoms with Gasteiger partial charge in [0.15, 0.2) is 5.82 Å². The van der Waals surface area contributed by atoms with Gasteiger partial charge in [0.05, 0.1) is 18.3 Å². The molecule has 1 atom stereocenters. The molecule has 3 aromatic rings. The number of hydrogen-bond acceptors (Lipinski definition) is 5. The highest BCUT2D eigenvalue weighted by Gasteiger charge is 2.29. The molecule has 0 spiro atoms. The van der Waals surface area contributed by atoms with E-state index in [1.165, 1.54) is 0 Å². The summed E-state index contributed by atoms with van der Waals surface area (Å²) < 4.78 is 28.2. The Bertz CT molecular complexity index is 1060. The molecule has 1 aromatic heterocycles. The molecule has 0 amide bonds. The van der Waals surface area contributed by atoms with Gasteiger partial charge in [-0.05, 0) is 37.4 Å². The van der Waals surface area contributed by atoms with E-state index in [9.17, 15) is 8.42 Å². The van der Waals surface area contributed by atoms with Crippen LogP contribution in [0.4, 0.5) is 0 Å². The maximum atomic E-state index is 13.2. The van der Waals surface area contributed by atoms with Crippen molar-refractivity contribution in [2.24, 2.45) is 0 Å². The van der Waals surface area contributed by atoms with Crippen molar-refractivity contribution < 1.29 is 8.42 Å². The number of hydrogen-bond donors (Lipinski definition) is 1. The fourth-order valence-corrected chi connectivity index (χ4v) is 5.10. The number of aryl methyl sites for hydroxylation is 1. The van der Waals surface area contributed by atoms with Gasteiger partial charge in [0.25, 0.3) is 0 Å². The largest absolute Gasteiger partial charge is 0.307 e. The molecule has 0 radical (unpaired) electrons. The third-order valence-electron chi connectivity index (χ3n) is 5.02. The van der Waals surface area contributed by atoms with Gasteiger partial charge in [-0.3, -0.25) is 4.57 Å². The smallest absolute Gasteiger partial charge is 0.250 e. The van der Waals surface area contributed by atoms with Crippen LogP contribution in [0.15, 0.2) is 59.8 Å². The first kappa shape index (κ1) is 18.8. The molecule has 1 fully saturated rings. The molecule has 28 heavy (non-hydrogen) atoms. The van der Waals surface area contributed by atoms with E-state index in [2.05, 4.69) is 15.5 Å². The van der Waals surface area contributed by atoms with Crippen LogP contribution in [0.3, 0.4) is 0 Å². The van der Waals surface area contributed by atoms with Gasteiger partial charge in [0.2, 0.25) is 15.0 Å². The lowest BCUT2D eigenvalue weighted by molar-refractivity contribution is 0.535. The summed E-state index contributed by atoms with van der Waals surface area (Å²) in [4.78, 5) is 0. The van der Waals surface area contributed by atoms with Gasteiger partial charge in [0, 0.05) is 0 Å². The molecule has 1 N–H and O–H groups in total. The summed E-state index contributed by atoms with van der Waals surface area (Å²) in [5.74, 6) is 0.615. The summed E-state index contributed by atoms with van der Waals surface area (Å²) in [7, 11) is -3.63. The van der Waals surface area contributed by atoms with E-state index in [1.54, 1.807) is 4.57 Å². The number of benzene rings is 2. The van der Waals surface area contributed by atoms with Gasteiger partial charge in [0.1, 0.15) is 0 Å². The van der Waals surface area contributed by atoms with Crippen molar-refractivity contribution in [3.05, 3.63) is 77.1 Å². The third-order valence-corrected chi connectivity index (χ3v) is 6.59. The number of sulfone groups is 1. The van der Waals surface area contributed by atoms with Crippen molar-refractivity contribution in [3.8, 4) is 0 Å². The quantitative estimate of drug-likeness (QED) is 0.693. The van der Waals surface area contributed by atoms with Crippen LogP contribution in [0.25, 0.3) is 0 Å². The number of rotatable bonds is 6. The van der Waals surface area contributed by atoms with E-state index in [0.29, 0.717) is 12.4 Å². The summed E-state index contributed by atoms with van der Waals surface area (Å²) in [5, 5.41) is 11.9. The highest BCUT2D eigenvalue weighted by Crippen LogP contribution is 2.26. The van der Waals surface area contributed by atoms with Crippen molar-refractivity contribution in [3.63, 3.8) is 0 Å². The zero-order valence-electron chi connectivity index (χ0n) is 15.9. The number of aromatic nitrogens is 3. The fourth-order valence-electron chi connectivity index (χ4n) is 3.69. The van der Waals surface area contributed by atoms with Crippen molar-refractivity contribution in [2.45, 2.75) is 43.3 Å². The Morgan fingerprint density at radius 3 is 2.57 bits per heavy atom. The predicted molar refractivity (Wildman–Crippen MR) is 108 cm³/mol. The lowest BCUT2D eigenvalue weighted by Gasteiger charge is -2.15. The molecule has 1 unspecified atom stereocenters. The van der Waals surface area contributed by atoms with E-state index in [1.807, 2.05) is 61.5 Å². The van der Waals surface area contributed by atoms with Crippen LogP contribution in [-0.2, 0) is 22.1 Å². The Labute approximate surface area is 165 Å². The molecule has 6 nitrogen and oxygen atoms in total. The van der Waals surface area contributed by atoms with Gasteiger partial charge in [-0.2, -0.15) is 0 Å². The monoisotopic (exact) mass is 396 g/mol. The number of nitrogens with zero attached hydrogens (tertiary/aromatic N) is 3. The van der Waals surface area contributed by atoms with Crippen molar-refractivity contribution in [1.82, 2.24) is 20.1 Å². The van der Waals surface area contributed by atoms with Crippen LogP contribution >= 0.6 is 0 Å². The minimum atomic E-state index is -3.63. The molecular weight excluding hydrogens is 372 g/mol. The van der Waals surface area contributed by atoms with E-state index >= 15 is 0 Å². The normalized spacial score (nSPS) is 17.1. The first-order valence-corrected chi connectivity index (χ1v) is 11.2. The molecule has 0 aliphatic carbocycles. The first-order chi connectivity index (χ1) is 13.5. The van der Waals surface area contributed by atoms with Crippen LogP contribution in [-0.4, -0.2) is 29.7 Å². The topological polar surface area (TPSA) is 76.9 Å². The Kier molecular flexibility index (Phi) is 5.28. The summed E-state index contributed by atoms with van der Waals surface area (Å²) >= 11 is 0. The summed E-state index contributed by atoms with van der Waals surface area (Å²) in [5.41, 5.74) is 2.82. The fraction of sp³-hybridized carbons (Fsp3) is 0.333. The second-order valence-electron chi connectivity index (χ2n) is 7.31. The summed E-state index contributed by atoms with van der Waals surface area (Å²) in [6, 6.07) is 17.4. The standard InChI is InChI=1S/C21H24N4O2S/c1-16-7-5-10-18(13-16)15-28(26,27)21-24-23-20(19-11-6-12-22-19)25(21)14-17-8-3-2-4-9-17/h2-5,7-10,13,19,22H,6,11-12,14-15H2,1H3. The first-order valence-electron chi connectivity index (χ1n) is 9.52. The van der Waals surface area contributed by atoms with Crippen LogP contribution in [0.1, 0.15) is 41.4 Å². The Hall–Kier alpha value is -2.51. The molecule has 1 aliphatic heterocycles. The molecule has 1 saturated heterocycles. The maximum absolute atomic E-state index is 13.2. The van der Waals surface area contributed by atoms with Crippen LogP contribution in [0.2, 0.25) is 0 Å². The van der Waals surface area contributed by atoms with Gasteiger partial charge in [-0.25, -0.2) is 8.42 Å². The Morgan fingerprint density at radius 2 is 1.86 bits per heavy atom. The Balaban J connectivity index is 1.73. The van der Waals surface area contributed by atoms with Gasteiger partial charge in [-0.15, -0.1) is 10.2 Å². The van der Waals surface area contributed by atoms with Crippen molar-refractivity contribution in [2.75, 3.05) is 6.54 Å². The predicted octanol–water partition coefficient (Wildman–Crippen LogP) is 3.03. The zero-order valence-corrected chi connectivity index (χ0v) is 16.7. The third kappa shape index (κ3) is 4.00. The van der Waals surface area contributed by atoms with Crippen molar-refractivity contribution in [1.29, 1.82) is 0 Å². The molecular formula is C21H24N4O2S. The van der Waals surface area contributed by atoms with Gasteiger partial charge < -0.3 is 5.32 Å². The van der Waals surface area contributed by atoms with Crippen molar-refractivity contribution >= 4 is 9.84 Å². The highest BCUT2D eigenvalue weighted by atomic mass is 32.2. The molecule has 2 aromatic carbocycles. The van der Waals surface area contributed by atoms with Gasteiger partial charge in [-0.1, -0.05) is 60.2 Å². The minimum absolute atomic E-state index is 0.0409. The highest BCUT2D eigenvalue weighted by molar-refractivity contribution is 7.90. The molecule has 7 heteroatoms. The average molecular weight is 397 g/mol. The van der Waals surface area contributed by atoms with E-state index in [-0.39, 0.29) is 17.0 Å². The van der Waals surface area contributed by atoms with E-state index in [0.717, 1.165) is 36.1 Å². The molecule has 4 rings (SSSR count). The molecule has 0 bridgehead atoms. The SMILES string of the molecule is Cc1cccc(CS(=O)(=O)c2nnc(C3CCCN3)n2Cc2ccccc2)c1. The molecule has 0 saturated carbocycles. The second-order valence-corrected chi connectivity index (χ2v) is 9.19. The lowest BCUT2D eigenvalue weighted by atomic mass is 10.2. The van der Waals surface area contributed by atoms with Crippen LogP contribution in [0.5, 0.6) is 0 Å².